The average Bonchev–Trinajstić information content (AvgIpc) is 2.87. The number of aromatic amines is 1. The molecule has 6 heteroatoms. The quantitative estimate of drug-likeness (QED) is 0.682. The smallest absolute Gasteiger partial charge is 0.404 e. The highest BCUT2D eigenvalue weighted by molar-refractivity contribution is 5.64. The Balaban J connectivity index is 1.88. The van der Waals surface area contributed by atoms with Crippen molar-refractivity contribution in [1.29, 1.82) is 0 Å². The summed E-state index contributed by atoms with van der Waals surface area (Å²) < 4.78 is 4.63. The van der Waals surface area contributed by atoms with Crippen LogP contribution in [0.25, 0.3) is 11.3 Å². The summed E-state index contributed by atoms with van der Waals surface area (Å²) in [5.41, 5.74) is 8.00. The molecule has 1 amide bonds. The minimum absolute atomic E-state index is 0.258. The molecule has 19 heavy (non-hydrogen) atoms. The van der Waals surface area contributed by atoms with E-state index in [1.54, 1.807) is 6.20 Å². The standard InChI is InChI=1S/C13H16N4O2/c14-13(18)19-7-6-15-8-11-9-16-17-12(11)10-4-2-1-3-5-10/h1-5,9,15H,6-8H2,(H2,14,18)(H,16,17). The lowest BCUT2D eigenvalue weighted by Gasteiger charge is -2.05. The molecule has 6 nitrogen and oxygen atoms in total. The van der Waals surface area contributed by atoms with Crippen LogP contribution in [0.15, 0.2) is 36.5 Å². The Morgan fingerprint density at radius 2 is 2.16 bits per heavy atom. The zero-order chi connectivity index (χ0) is 13.5. The fraction of sp³-hybridized carbons (Fsp3) is 0.231. The van der Waals surface area contributed by atoms with Gasteiger partial charge in [0.05, 0.1) is 11.9 Å². The topological polar surface area (TPSA) is 93.0 Å². The Bertz CT molecular complexity index is 524. The van der Waals surface area contributed by atoms with Crippen molar-refractivity contribution < 1.29 is 9.53 Å². The van der Waals surface area contributed by atoms with Gasteiger partial charge in [0.15, 0.2) is 0 Å². The van der Waals surface area contributed by atoms with Crippen LogP contribution >= 0.6 is 0 Å². The number of hydrogen-bond acceptors (Lipinski definition) is 4. The van der Waals surface area contributed by atoms with Gasteiger partial charge in [0.2, 0.25) is 0 Å². The summed E-state index contributed by atoms with van der Waals surface area (Å²) in [6.07, 6.45) is 1.03. The molecule has 0 aliphatic carbocycles. The summed E-state index contributed by atoms with van der Waals surface area (Å²) in [4.78, 5) is 10.4. The van der Waals surface area contributed by atoms with Gasteiger partial charge in [-0.05, 0) is 5.56 Å². The zero-order valence-electron chi connectivity index (χ0n) is 10.4. The number of amides is 1. The summed E-state index contributed by atoms with van der Waals surface area (Å²) in [6, 6.07) is 9.97. The van der Waals surface area contributed by atoms with Crippen LogP contribution < -0.4 is 11.1 Å². The summed E-state index contributed by atoms with van der Waals surface area (Å²) >= 11 is 0. The van der Waals surface area contributed by atoms with Gasteiger partial charge in [0, 0.05) is 18.7 Å². The lowest BCUT2D eigenvalue weighted by atomic mass is 10.1. The summed E-state index contributed by atoms with van der Waals surface area (Å²) in [7, 11) is 0. The van der Waals surface area contributed by atoms with Crippen molar-refractivity contribution in [3.05, 3.63) is 42.1 Å². The van der Waals surface area contributed by atoms with Gasteiger partial charge >= 0.3 is 6.09 Å². The van der Waals surface area contributed by atoms with Crippen LogP contribution in [0.3, 0.4) is 0 Å². The maximum Gasteiger partial charge on any atom is 0.404 e. The molecule has 0 aliphatic rings. The maximum absolute atomic E-state index is 10.4. The number of carbonyl (C=O) groups is 1. The SMILES string of the molecule is NC(=O)OCCNCc1cn[nH]c1-c1ccccc1. The number of rotatable bonds is 6. The van der Waals surface area contributed by atoms with Crippen LogP contribution in [0, 0.1) is 0 Å². The fourth-order valence-corrected chi connectivity index (χ4v) is 1.75. The molecule has 2 aromatic rings. The highest BCUT2D eigenvalue weighted by atomic mass is 16.5. The summed E-state index contributed by atoms with van der Waals surface area (Å²) in [5, 5.41) is 10.2. The van der Waals surface area contributed by atoms with Crippen molar-refractivity contribution in [2.24, 2.45) is 5.73 Å². The van der Waals surface area contributed by atoms with E-state index in [1.807, 2.05) is 30.3 Å². The molecule has 1 heterocycles. The third kappa shape index (κ3) is 3.82. The molecule has 2 rings (SSSR count). The normalized spacial score (nSPS) is 10.3. The molecule has 0 saturated carbocycles. The molecule has 1 aromatic carbocycles. The minimum atomic E-state index is -0.755. The van der Waals surface area contributed by atoms with Gasteiger partial charge in [-0.3, -0.25) is 5.10 Å². The largest absolute Gasteiger partial charge is 0.448 e. The fourth-order valence-electron chi connectivity index (χ4n) is 1.75. The molecule has 0 atom stereocenters. The van der Waals surface area contributed by atoms with Crippen LogP contribution in [0.4, 0.5) is 4.79 Å². The van der Waals surface area contributed by atoms with Crippen LogP contribution in [0.1, 0.15) is 5.56 Å². The van der Waals surface area contributed by atoms with E-state index >= 15 is 0 Å². The predicted octanol–water partition coefficient (Wildman–Crippen LogP) is 1.26. The van der Waals surface area contributed by atoms with Crippen LogP contribution in [0.5, 0.6) is 0 Å². The Hall–Kier alpha value is -2.34. The molecule has 100 valence electrons. The summed E-state index contributed by atoms with van der Waals surface area (Å²) in [6.45, 7) is 1.44. The maximum atomic E-state index is 10.4. The molecule has 0 spiro atoms. The van der Waals surface area contributed by atoms with Crippen molar-refractivity contribution >= 4 is 6.09 Å². The average molecular weight is 260 g/mol. The number of hydrogen-bond donors (Lipinski definition) is 3. The van der Waals surface area contributed by atoms with E-state index < -0.39 is 6.09 Å². The first-order chi connectivity index (χ1) is 9.27. The van der Waals surface area contributed by atoms with E-state index in [2.05, 4.69) is 20.3 Å². The Labute approximate surface area is 111 Å². The first-order valence-electron chi connectivity index (χ1n) is 5.98. The summed E-state index contributed by atoms with van der Waals surface area (Å²) in [5.74, 6) is 0. The van der Waals surface area contributed by atoms with Gasteiger partial charge in [-0.1, -0.05) is 30.3 Å². The molecule has 0 fully saturated rings. The van der Waals surface area contributed by atoms with E-state index in [-0.39, 0.29) is 6.61 Å². The van der Waals surface area contributed by atoms with E-state index in [1.165, 1.54) is 0 Å². The second-order valence-electron chi connectivity index (χ2n) is 3.98. The van der Waals surface area contributed by atoms with Crippen molar-refractivity contribution in [3.8, 4) is 11.3 Å². The van der Waals surface area contributed by atoms with Gasteiger partial charge in [-0.2, -0.15) is 5.10 Å². The molecule has 0 bridgehead atoms. The van der Waals surface area contributed by atoms with Gasteiger partial charge < -0.3 is 15.8 Å². The lowest BCUT2D eigenvalue weighted by Crippen LogP contribution is -2.23. The molecular weight excluding hydrogens is 244 g/mol. The van der Waals surface area contributed by atoms with Crippen molar-refractivity contribution in [2.75, 3.05) is 13.2 Å². The number of benzene rings is 1. The highest BCUT2D eigenvalue weighted by Crippen LogP contribution is 2.20. The first-order valence-corrected chi connectivity index (χ1v) is 5.98. The second-order valence-corrected chi connectivity index (χ2v) is 3.98. The van der Waals surface area contributed by atoms with E-state index in [9.17, 15) is 4.79 Å². The lowest BCUT2D eigenvalue weighted by molar-refractivity contribution is 0.157. The van der Waals surface area contributed by atoms with Crippen LogP contribution in [-0.2, 0) is 11.3 Å². The van der Waals surface area contributed by atoms with Crippen LogP contribution in [-0.4, -0.2) is 29.4 Å². The number of ether oxygens (including phenoxy) is 1. The van der Waals surface area contributed by atoms with E-state index in [0.717, 1.165) is 16.8 Å². The number of H-pyrrole nitrogens is 1. The molecular formula is C13H16N4O2. The highest BCUT2D eigenvalue weighted by Gasteiger charge is 2.06. The Morgan fingerprint density at radius 3 is 2.89 bits per heavy atom. The van der Waals surface area contributed by atoms with Gasteiger partial charge in [0.25, 0.3) is 0 Å². The third-order valence-corrected chi connectivity index (χ3v) is 2.62. The van der Waals surface area contributed by atoms with Crippen molar-refractivity contribution in [3.63, 3.8) is 0 Å². The molecule has 0 radical (unpaired) electrons. The Kier molecular flexibility index (Phi) is 4.52. The van der Waals surface area contributed by atoms with Gasteiger partial charge in [-0.25, -0.2) is 4.79 Å². The monoisotopic (exact) mass is 260 g/mol. The van der Waals surface area contributed by atoms with Gasteiger partial charge in [-0.15, -0.1) is 0 Å². The molecule has 1 aromatic heterocycles. The van der Waals surface area contributed by atoms with Crippen LogP contribution in [0.2, 0.25) is 0 Å². The van der Waals surface area contributed by atoms with E-state index in [4.69, 9.17) is 5.73 Å². The number of aromatic nitrogens is 2. The van der Waals surface area contributed by atoms with E-state index in [0.29, 0.717) is 13.1 Å². The number of nitrogens with zero attached hydrogens (tertiary/aromatic N) is 1. The second kappa shape index (κ2) is 6.55. The molecule has 0 unspecified atom stereocenters. The molecule has 0 aliphatic heterocycles. The van der Waals surface area contributed by atoms with Crippen molar-refractivity contribution in [1.82, 2.24) is 15.5 Å². The number of primary amides is 1. The van der Waals surface area contributed by atoms with Crippen molar-refractivity contribution in [2.45, 2.75) is 6.54 Å². The third-order valence-electron chi connectivity index (χ3n) is 2.62. The number of nitrogens with one attached hydrogen (secondary N) is 2. The zero-order valence-corrected chi connectivity index (χ0v) is 10.4. The Morgan fingerprint density at radius 1 is 1.37 bits per heavy atom. The predicted molar refractivity (Wildman–Crippen MR) is 71.3 cm³/mol. The van der Waals surface area contributed by atoms with Gasteiger partial charge in [0.1, 0.15) is 6.61 Å². The minimum Gasteiger partial charge on any atom is -0.448 e. The first kappa shape index (κ1) is 13.1. The number of carbonyl (C=O) groups excluding carboxylic acids is 1. The molecule has 0 saturated heterocycles. The molecule has 4 N–H and O–H groups in total. The number of nitrogens with two attached hydrogens (primary N) is 1.